The molecule has 4 N–H and O–H groups in total. The van der Waals surface area contributed by atoms with Gasteiger partial charge in [0.05, 0.1) is 0 Å². The van der Waals surface area contributed by atoms with Crippen molar-refractivity contribution in [2.24, 2.45) is 0 Å². The van der Waals surface area contributed by atoms with Gasteiger partial charge in [-0.25, -0.2) is 4.39 Å². The Morgan fingerprint density at radius 2 is 1.75 bits per heavy atom. The number of hydrogen-bond acceptors (Lipinski definition) is 3. The van der Waals surface area contributed by atoms with Crippen molar-refractivity contribution in [3.05, 3.63) is 0 Å². The van der Waals surface area contributed by atoms with Crippen LogP contribution in [0.15, 0.2) is 0 Å². The normalized spacial score (nSPS) is 14.3. The molecule has 8 heteroatoms. The number of alkyl halides is 3. The highest BCUT2D eigenvalue weighted by Crippen LogP contribution is 2.30. The third-order valence-corrected chi connectivity index (χ3v) is 2.96. The summed E-state index contributed by atoms with van der Waals surface area (Å²) in [5, 5.41) is -4.70. The second kappa shape index (κ2) is 7.08. The van der Waals surface area contributed by atoms with Crippen molar-refractivity contribution in [3.63, 3.8) is 0 Å². The minimum Gasteiger partial charge on any atom is -0.344 e. The van der Waals surface area contributed by atoms with E-state index in [4.69, 9.17) is 4.55 Å². The summed E-state index contributed by atoms with van der Waals surface area (Å²) in [4.78, 5) is 0. The van der Waals surface area contributed by atoms with Crippen molar-refractivity contribution in [2.45, 2.75) is 50.5 Å². The van der Waals surface area contributed by atoms with Crippen LogP contribution in [0.3, 0.4) is 0 Å². The monoisotopic (exact) mass is 265 g/mol. The smallest absolute Gasteiger partial charge is 0.344 e. The minimum atomic E-state index is -5.65. The lowest BCUT2D eigenvalue weighted by atomic mass is 10.1. The van der Waals surface area contributed by atoms with Crippen LogP contribution in [0.2, 0.25) is 0 Å². The Morgan fingerprint density at radius 3 is 2.12 bits per heavy atom. The van der Waals surface area contributed by atoms with E-state index in [1.807, 2.05) is 6.92 Å². The van der Waals surface area contributed by atoms with Gasteiger partial charge in [-0.2, -0.15) is 17.2 Å². The van der Waals surface area contributed by atoms with Crippen LogP contribution in [0.1, 0.15) is 39.0 Å². The molecular weight excluding hydrogens is 247 g/mol. The van der Waals surface area contributed by atoms with E-state index in [-0.39, 0.29) is 12.6 Å². The lowest BCUT2D eigenvalue weighted by Gasteiger charge is -2.17. The Labute approximate surface area is 93.6 Å². The zero-order chi connectivity index (χ0) is 12.1. The fraction of sp³-hybridized carbons (Fsp3) is 1.00. The van der Waals surface area contributed by atoms with E-state index in [1.165, 1.54) is 0 Å². The van der Waals surface area contributed by atoms with Gasteiger partial charge >= 0.3 is 15.4 Å². The van der Waals surface area contributed by atoms with Crippen molar-refractivity contribution in [1.82, 2.24) is 6.15 Å². The van der Waals surface area contributed by atoms with E-state index in [0.29, 0.717) is 6.42 Å². The Morgan fingerprint density at radius 1 is 1.25 bits per heavy atom. The highest BCUT2D eigenvalue weighted by Gasteiger charge is 2.52. The summed E-state index contributed by atoms with van der Waals surface area (Å²) in [6, 6.07) is 0. The molecule has 0 saturated carbocycles. The first-order chi connectivity index (χ1) is 6.73. The predicted octanol–water partition coefficient (Wildman–Crippen LogP) is 2.94. The van der Waals surface area contributed by atoms with Gasteiger partial charge in [-0.1, -0.05) is 32.6 Å². The summed E-state index contributed by atoms with van der Waals surface area (Å²) in [5.74, 6) is 0. The number of halogens is 3. The van der Waals surface area contributed by atoms with Crippen LogP contribution in [0, 0.1) is 0 Å². The van der Waals surface area contributed by atoms with Gasteiger partial charge in [0, 0.05) is 0 Å². The van der Waals surface area contributed by atoms with E-state index in [2.05, 4.69) is 0 Å². The third-order valence-electron chi connectivity index (χ3n) is 2.02. The van der Waals surface area contributed by atoms with Crippen LogP contribution in [0.25, 0.3) is 0 Å². The summed E-state index contributed by atoms with van der Waals surface area (Å²) in [6.07, 6.45) is -1.01. The summed E-state index contributed by atoms with van der Waals surface area (Å²) in [5.41, 5.74) is 0. The fourth-order valence-corrected chi connectivity index (χ4v) is 1.52. The molecule has 0 saturated heterocycles. The summed E-state index contributed by atoms with van der Waals surface area (Å²) >= 11 is 0. The highest BCUT2D eigenvalue weighted by atomic mass is 32.2. The average molecular weight is 265 g/mol. The molecule has 0 amide bonds. The first kappa shape index (κ1) is 18.0. The molecule has 0 aliphatic rings. The Balaban J connectivity index is 0. The highest BCUT2D eigenvalue weighted by molar-refractivity contribution is 7.86. The SMILES string of the molecule is CCCCCCC(F)C(F)(F)S(=O)(=O)O.N. The zero-order valence-corrected chi connectivity index (χ0v) is 9.94. The van der Waals surface area contributed by atoms with E-state index in [1.54, 1.807) is 0 Å². The molecule has 0 aliphatic heterocycles. The topological polar surface area (TPSA) is 89.4 Å². The Bertz CT molecular complexity index is 282. The van der Waals surface area contributed by atoms with E-state index in [0.717, 1.165) is 12.8 Å². The van der Waals surface area contributed by atoms with Crippen molar-refractivity contribution in [1.29, 1.82) is 0 Å². The maximum Gasteiger partial charge on any atom is 0.400 e. The van der Waals surface area contributed by atoms with Crippen molar-refractivity contribution in [3.8, 4) is 0 Å². The first-order valence-corrected chi connectivity index (χ1v) is 6.16. The second-order valence-electron chi connectivity index (χ2n) is 3.35. The van der Waals surface area contributed by atoms with Gasteiger partial charge in [-0.05, 0) is 6.42 Å². The van der Waals surface area contributed by atoms with Crippen LogP contribution in [0.4, 0.5) is 13.2 Å². The van der Waals surface area contributed by atoms with Crippen molar-refractivity contribution >= 4 is 10.1 Å². The molecule has 1 atom stereocenters. The van der Waals surface area contributed by atoms with E-state index in [9.17, 15) is 21.6 Å². The molecule has 0 aliphatic carbocycles. The van der Waals surface area contributed by atoms with Crippen LogP contribution in [0.5, 0.6) is 0 Å². The summed E-state index contributed by atoms with van der Waals surface area (Å²) < 4.78 is 66.5. The quantitative estimate of drug-likeness (QED) is 0.547. The fourth-order valence-electron chi connectivity index (χ4n) is 1.08. The van der Waals surface area contributed by atoms with Crippen molar-refractivity contribution in [2.75, 3.05) is 0 Å². The second-order valence-corrected chi connectivity index (χ2v) is 4.85. The average Bonchev–Trinajstić information content (AvgIpc) is 2.10. The molecule has 16 heavy (non-hydrogen) atoms. The molecule has 0 fully saturated rings. The Kier molecular flexibility index (Phi) is 7.98. The molecule has 0 heterocycles. The van der Waals surface area contributed by atoms with E-state index >= 15 is 0 Å². The molecular formula is C8H18F3NO3S. The molecule has 0 radical (unpaired) electrons. The first-order valence-electron chi connectivity index (χ1n) is 4.72. The molecule has 1 unspecified atom stereocenters. The molecule has 0 bridgehead atoms. The van der Waals surface area contributed by atoms with Crippen LogP contribution < -0.4 is 6.15 Å². The molecule has 4 nitrogen and oxygen atoms in total. The lowest BCUT2D eigenvalue weighted by Crippen LogP contribution is -2.38. The number of unbranched alkanes of at least 4 members (excludes halogenated alkanes) is 3. The van der Waals surface area contributed by atoms with Gasteiger partial charge < -0.3 is 6.15 Å². The van der Waals surface area contributed by atoms with Gasteiger partial charge in [-0.15, -0.1) is 0 Å². The number of rotatable bonds is 7. The minimum absolute atomic E-state index is 0. The van der Waals surface area contributed by atoms with Crippen molar-refractivity contribution < 1.29 is 26.1 Å². The largest absolute Gasteiger partial charge is 0.400 e. The lowest BCUT2D eigenvalue weighted by molar-refractivity contribution is -0.00707. The van der Waals surface area contributed by atoms with Gasteiger partial charge in [-0.3, -0.25) is 4.55 Å². The summed E-state index contributed by atoms with van der Waals surface area (Å²) in [6.45, 7) is 1.90. The van der Waals surface area contributed by atoms with Crippen LogP contribution >= 0.6 is 0 Å². The molecule has 0 aromatic heterocycles. The van der Waals surface area contributed by atoms with Crippen LogP contribution in [-0.4, -0.2) is 24.4 Å². The Hall–Kier alpha value is -0.340. The predicted molar refractivity (Wildman–Crippen MR) is 55.2 cm³/mol. The molecule has 100 valence electrons. The molecule has 0 rings (SSSR count). The zero-order valence-electron chi connectivity index (χ0n) is 9.13. The van der Waals surface area contributed by atoms with Gasteiger partial charge in [0.2, 0.25) is 0 Å². The van der Waals surface area contributed by atoms with Gasteiger partial charge in [0.1, 0.15) is 0 Å². The van der Waals surface area contributed by atoms with Gasteiger partial charge in [0.25, 0.3) is 0 Å². The van der Waals surface area contributed by atoms with E-state index < -0.39 is 28.0 Å². The third kappa shape index (κ3) is 5.13. The van der Waals surface area contributed by atoms with Gasteiger partial charge in [0.15, 0.2) is 6.17 Å². The molecule has 0 aromatic carbocycles. The summed E-state index contributed by atoms with van der Waals surface area (Å²) in [7, 11) is -5.65. The maximum atomic E-state index is 12.8. The number of hydrogen-bond donors (Lipinski definition) is 2. The maximum absolute atomic E-state index is 12.8. The molecule has 0 aromatic rings. The van der Waals surface area contributed by atoms with Crippen LogP contribution in [-0.2, 0) is 10.1 Å². The molecule has 0 spiro atoms. The standard InChI is InChI=1S/C8H15F3O3S.H3N/c1-2-3-4-5-6-7(9)8(10,11)15(12,13)14;/h7H,2-6H2,1H3,(H,12,13,14);1H3.